The normalized spacial score (nSPS) is 17.8. The van der Waals surface area contributed by atoms with Crippen molar-refractivity contribution in [2.45, 2.75) is 37.6 Å². The summed E-state index contributed by atoms with van der Waals surface area (Å²) in [5.41, 5.74) is 2.39. The number of hydrogen-bond acceptors (Lipinski definition) is 6. The highest BCUT2D eigenvalue weighted by molar-refractivity contribution is 7.89. The van der Waals surface area contributed by atoms with E-state index in [-0.39, 0.29) is 22.8 Å². The largest absolute Gasteiger partial charge is 0.486 e. The Kier molecular flexibility index (Phi) is 6.37. The minimum atomic E-state index is -3.71. The molecule has 0 bridgehead atoms. The van der Waals surface area contributed by atoms with Crippen molar-refractivity contribution in [3.8, 4) is 11.5 Å². The summed E-state index contributed by atoms with van der Waals surface area (Å²) in [6, 6.07) is 12.6. The van der Waals surface area contributed by atoms with E-state index in [1.165, 1.54) is 4.31 Å². The molecule has 0 aliphatic carbocycles. The number of para-hydroxylation sites is 1. The van der Waals surface area contributed by atoms with Crippen LogP contribution in [0.2, 0.25) is 0 Å². The number of ether oxygens (including phenoxy) is 2. The number of carbonyl (C=O) groups excluding carboxylic acids is 1. The van der Waals surface area contributed by atoms with E-state index in [2.05, 4.69) is 10.3 Å². The van der Waals surface area contributed by atoms with Crippen LogP contribution >= 0.6 is 0 Å². The summed E-state index contributed by atoms with van der Waals surface area (Å²) in [7, 11) is -3.71. The summed E-state index contributed by atoms with van der Waals surface area (Å²) in [5, 5.41) is 3.87. The van der Waals surface area contributed by atoms with Crippen molar-refractivity contribution in [3.63, 3.8) is 0 Å². The zero-order chi connectivity index (χ0) is 24.6. The zero-order valence-electron chi connectivity index (χ0n) is 19.9. The molecule has 0 unspecified atom stereocenters. The highest BCUT2D eigenvalue weighted by Gasteiger charge is 2.33. The highest BCUT2D eigenvalue weighted by Crippen LogP contribution is 2.33. The number of carbonyl (C=O) groups is 1. The molecule has 3 aromatic rings. The van der Waals surface area contributed by atoms with Crippen LogP contribution in [0.4, 0.5) is 0 Å². The number of pyridine rings is 1. The lowest BCUT2D eigenvalue weighted by Gasteiger charge is -2.31. The van der Waals surface area contributed by atoms with Gasteiger partial charge in [0.2, 0.25) is 15.9 Å². The Morgan fingerprint density at radius 2 is 1.83 bits per heavy atom. The van der Waals surface area contributed by atoms with Crippen molar-refractivity contribution in [3.05, 3.63) is 59.8 Å². The number of hydrogen-bond donors (Lipinski definition) is 1. The molecule has 184 valence electrons. The number of amides is 1. The van der Waals surface area contributed by atoms with Gasteiger partial charge >= 0.3 is 0 Å². The summed E-state index contributed by atoms with van der Waals surface area (Å²) in [6.45, 7) is 5.48. The third kappa shape index (κ3) is 4.70. The van der Waals surface area contributed by atoms with E-state index in [0.29, 0.717) is 56.2 Å². The van der Waals surface area contributed by atoms with Gasteiger partial charge in [0, 0.05) is 30.6 Å². The van der Waals surface area contributed by atoms with Crippen LogP contribution in [-0.2, 0) is 14.8 Å². The van der Waals surface area contributed by atoms with Gasteiger partial charge in [0.05, 0.1) is 11.6 Å². The molecular formula is C26H29N3O5S. The van der Waals surface area contributed by atoms with Crippen molar-refractivity contribution < 1.29 is 22.7 Å². The number of rotatable bonds is 5. The van der Waals surface area contributed by atoms with Gasteiger partial charge in [-0.15, -0.1) is 0 Å². The lowest BCUT2D eigenvalue weighted by molar-refractivity contribution is -0.126. The van der Waals surface area contributed by atoms with Gasteiger partial charge in [0.1, 0.15) is 18.1 Å². The smallest absolute Gasteiger partial charge is 0.245 e. The van der Waals surface area contributed by atoms with Crippen LogP contribution < -0.4 is 14.8 Å². The summed E-state index contributed by atoms with van der Waals surface area (Å²) in [4.78, 5) is 17.6. The molecule has 2 aromatic carbocycles. The van der Waals surface area contributed by atoms with Gasteiger partial charge in [0.15, 0.2) is 11.5 Å². The molecule has 3 heterocycles. The topological polar surface area (TPSA) is 97.8 Å². The first-order valence-electron chi connectivity index (χ1n) is 11.9. The number of piperidine rings is 1. The molecule has 9 heteroatoms. The molecule has 1 atom stereocenters. The molecule has 1 fully saturated rings. The maximum Gasteiger partial charge on any atom is 0.245 e. The quantitative estimate of drug-likeness (QED) is 0.581. The second-order valence-corrected chi connectivity index (χ2v) is 11.1. The van der Waals surface area contributed by atoms with E-state index in [0.717, 1.165) is 16.5 Å². The number of sulfonamides is 1. The van der Waals surface area contributed by atoms with Crippen molar-refractivity contribution in [2.24, 2.45) is 5.92 Å². The number of benzene rings is 2. The van der Waals surface area contributed by atoms with Crippen molar-refractivity contribution >= 4 is 26.8 Å². The summed E-state index contributed by atoms with van der Waals surface area (Å²) < 4.78 is 39.5. The number of aryl methyl sites for hydroxylation is 1. The fraction of sp³-hybridized carbons (Fsp3) is 0.385. The molecular weight excluding hydrogens is 466 g/mol. The predicted octanol–water partition coefficient (Wildman–Crippen LogP) is 3.59. The number of nitrogens with one attached hydrogen (secondary N) is 1. The fourth-order valence-corrected chi connectivity index (χ4v) is 6.33. The molecule has 1 aromatic heterocycles. The van der Waals surface area contributed by atoms with E-state index >= 15 is 0 Å². The third-order valence-corrected chi connectivity index (χ3v) is 8.61. The summed E-state index contributed by atoms with van der Waals surface area (Å²) >= 11 is 0. The minimum Gasteiger partial charge on any atom is -0.486 e. The molecule has 8 nitrogen and oxygen atoms in total. The molecule has 0 saturated carbocycles. The fourth-order valence-electron chi connectivity index (χ4n) is 4.69. The van der Waals surface area contributed by atoms with Crippen LogP contribution in [0.5, 0.6) is 11.5 Å². The molecule has 35 heavy (non-hydrogen) atoms. The van der Waals surface area contributed by atoms with Gasteiger partial charge in [0.25, 0.3) is 0 Å². The van der Waals surface area contributed by atoms with E-state index in [1.807, 2.05) is 44.2 Å². The number of nitrogens with zero attached hydrogens (tertiary/aromatic N) is 2. The van der Waals surface area contributed by atoms with Gasteiger partial charge in [-0.1, -0.05) is 18.2 Å². The van der Waals surface area contributed by atoms with Crippen molar-refractivity contribution in [1.82, 2.24) is 14.6 Å². The van der Waals surface area contributed by atoms with Crippen LogP contribution in [0.1, 0.15) is 36.9 Å². The Morgan fingerprint density at radius 1 is 1.09 bits per heavy atom. The zero-order valence-corrected chi connectivity index (χ0v) is 20.7. The van der Waals surface area contributed by atoms with Crippen LogP contribution in [0.15, 0.2) is 53.6 Å². The van der Waals surface area contributed by atoms with E-state index in [9.17, 15) is 13.2 Å². The van der Waals surface area contributed by atoms with Crippen LogP contribution in [0.3, 0.4) is 0 Å². The van der Waals surface area contributed by atoms with Gasteiger partial charge in [-0.05, 0) is 62.1 Å². The molecule has 0 spiro atoms. The van der Waals surface area contributed by atoms with Crippen LogP contribution in [0.25, 0.3) is 10.9 Å². The van der Waals surface area contributed by atoms with E-state index in [4.69, 9.17) is 9.47 Å². The molecule has 2 aliphatic rings. The summed E-state index contributed by atoms with van der Waals surface area (Å²) in [5.74, 6) is 1.09. The summed E-state index contributed by atoms with van der Waals surface area (Å²) in [6.07, 6.45) is 2.62. The molecule has 5 rings (SSSR count). The first-order valence-corrected chi connectivity index (χ1v) is 13.3. The van der Waals surface area contributed by atoms with Gasteiger partial charge in [-0.25, -0.2) is 8.42 Å². The molecule has 0 radical (unpaired) electrons. The highest BCUT2D eigenvalue weighted by atomic mass is 32.2. The van der Waals surface area contributed by atoms with Gasteiger partial charge < -0.3 is 14.8 Å². The van der Waals surface area contributed by atoms with Gasteiger partial charge in [-0.2, -0.15) is 4.31 Å². The Morgan fingerprint density at radius 3 is 2.60 bits per heavy atom. The molecule has 1 N–H and O–H groups in total. The van der Waals surface area contributed by atoms with Crippen LogP contribution in [-0.4, -0.2) is 49.9 Å². The molecule has 1 saturated heterocycles. The number of fused-ring (bicyclic) bond motifs is 2. The standard InChI is InChI=1S/C26H29N3O5S/c1-17-14-21-4-3-5-24(25(21)27-16-17)35(31,32)29-10-8-19(9-11-29)26(30)28-18(2)20-6-7-22-23(15-20)34-13-12-33-22/h3-7,14-16,18-19H,8-13H2,1-2H3,(H,28,30)/t18-/m0/s1. The Labute approximate surface area is 205 Å². The monoisotopic (exact) mass is 495 g/mol. The molecule has 1 amide bonds. The van der Waals surface area contributed by atoms with E-state index < -0.39 is 10.0 Å². The number of aromatic nitrogens is 1. The maximum atomic E-state index is 13.4. The Balaban J connectivity index is 1.23. The first kappa shape index (κ1) is 23.6. The van der Waals surface area contributed by atoms with Gasteiger partial charge in [-0.3, -0.25) is 9.78 Å². The average molecular weight is 496 g/mol. The average Bonchev–Trinajstić information content (AvgIpc) is 2.87. The third-order valence-electron chi connectivity index (χ3n) is 6.68. The lowest BCUT2D eigenvalue weighted by atomic mass is 9.96. The predicted molar refractivity (Wildman–Crippen MR) is 132 cm³/mol. The Hall–Kier alpha value is -3.17. The second-order valence-electron chi connectivity index (χ2n) is 9.15. The van der Waals surface area contributed by atoms with E-state index in [1.54, 1.807) is 18.3 Å². The first-order chi connectivity index (χ1) is 16.8. The maximum absolute atomic E-state index is 13.4. The second kappa shape index (κ2) is 9.47. The van der Waals surface area contributed by atoms with Crippen molar-refractivity contribution in [2.75, 3.05) is 26.3 Å². The Bertz CT molecular complexity index is 1370. The minimum absolute atomic E-state index is 0.0632. The molecule has 2 aliphatic heterocycles. The van der Waals surface area contributed by atoms with Crippen molar-refractivity contribution in [1.29, 1.82) is 0 Å². The van der Waals surface area contributed by atoms with Crippen LogP contribution in [0, 0.1) is 12.8 Å². The lowest BCUT2D eigenvalue weighted by Crippen LogP contribution is -2.43. The SMILES string of the molecule is Cc1cnc2c(S(=O)(=O)N3CCC(C(=O)N[C@@H](C)c4ccc5c(c4)OCCO5)CC3)cccc2c1.